The van der Waals surface area contributed by atoms with Crippen LogP contribution in [0.15, 0.2) is 32.8 Å². The van der Waals surface area contributed by atoms with E-state index in [0.717, 1.165) is 29.2 Å². The molecule has 3 aromatic rings. The van der Waals surface area contributed by atoms with Crippen molar-refractivity contribution in [3.05, 3.63) is 39.1 Å². The van der Waals surface area contributed by atoms with Crippen molar-refractivity contribution in [2.45, 2.75) is 6.42 Å². The number of benzene rings is 1. The van der Waals surface area contributed by atoms with Gasteiger partial charge in [0.25, 0.3) is 0 Å². The highest BCUT2D eigenvalue weighted by atomic mass is 32.1. The molecule has 6 heteroatoms. The third-order valence-electron chi connectivity index (χ3n) is 2.86. The number of nitrogens with one attached hydrogen (secondary N) is 2. The van der Waals surface area contributed by atoms with E-state index in [-0.39, 0.29) is 0 Å². The van der Waals surface area contributed by atoms with Crippen LogP contribution in [0.1, 0.15) is 5.01 Å². The third kappa shape index (κ3) is 2.45. The Kier molecular flexibility index (Phi) is 3.18. The Bertz CT molecular complexity index is 756. The number of hydrogen-bond donors (Lipinski definition) is 2. The number of likely N-dealkylation sites (N-methyl/N-ethyl adjacent to an activating group) is 1. The molecule has 0 amide bonds. The monoisotopic (exact) mass is 275 g/mol. The molecule has 98 valence electrons. The summed E-state index contributed by atoms with van der Waals surface area (Å²) in [5.41, 5.74) is 3.15. The smallest absolute Gasteiger partial charge is 0.408 e. The zero-order valence-corrected chi connectivity index (χ0v) is 11.2. The number of fused-ring (bicyclic) bond motifs is 1. The second-order valence-corrected chi connectivity index (χ2v) is 5.15. The molecule has 2 N–H and O–H groups in total. The standard InChI is InChI=1S/C13H13N3O2S/c1-14-5-4-12-15-10(7-19-12)8-2-3-9-11(6-8)18-13(17)16-9/h2-3,6-7,14H,4-5H2,1H3,(H,16,17). The number of H-pyrrole nitrogens is 1. The summed E-state index contributed by atoms with van der Waals surface area (Å²) in [5, 5.41) is 6.23. The molecule has 3 rings (SSSR count). The van der Waals surface area contributed by atoms with Gasteiger partial charge in [-0.3, -0.25) is 4.98 Å². The van der Waals surface area contributed by atoms with Crippen LogP contribution in [-0.4, -0.2) is 23.6 Å². The quantitative estimate of drug-likeness (QED) is 0.764. The lowest BCUT2D eigenvalue weighted by molar-refractivity contribution is 0.555. The Hall–Kier alpha value is -1.92. The van der Waals surface area contributed by atoms with E-state index in [1.54, 1.807) is 11.3 Å². The number of nitrogens with zero attached hydrogens (tertiary/aromatic N) is 1. The van der Waals surface area contributed by atoms with Crippen molar-refractivity contribution in [3.63, 3.8) is 0 Å². The first-order chi connectivity index (χ1) is 9.26. The van der Waals surface area contributed by atoms with E-state index in [1.807, 2.05) is 30.6 Å². The summed E-state index contributed by atoms with van der Waals surface area (Å²) in [4.78, 5) is 18.3. The van der Waals surface area contributed by atoms with E-state index in [0.29, 0.717) is 11.1 Å². The van der Waals surface area contributed by atoms with Gasteiger partial charge in [-0.1, -0.05) is 6.07 Å². The Labute approximate surface area is 113 Å². The highest BCUT2D eigenvalue weighted by molar-refractivity contribution is 7.09. The number of aromatic nitrogens is 2. The molecule has 2 heterocycles. The lowest BCUT2D eigenvalue weighted by Gasteiger charge is -1.96. The molecule has 0 fully saturated rings. The Morgan fingerprint density at radius 1 is 1.47 bits per heavy atom. The molecule has 0 aliphatic rings. The minimum atomic E-state index is -0.430. The second kappa shape index (κ2) is 4.99. The van der Waals surface area contributed by atoms with Gasteiger partial charge in [0.1, 0.15) is 0 Å². The molecule has 0 radical (unpaired) electrons. The third-order valence-corrected chi connectivity index (χ3v) is 3.77. The van der Waals surface area contributed by atoms with Gasteiger partial charge in [-0.25, -0.2) is 9.78 Å². The zero-order valence-electron chi connectivity index (χ0n) is 10.4. The Morgan fingerprint density at radius 2 is 2.37 bits per heavy atom. The van der Waals surface area contributed by atoms with Gasteiger partial charge in [-0.05, 0) is 19.2 Å². The van der Waals surface area contributed by atoms with Gasteiger partial charge in [-0.15, -0.1) is 11.3 Å². The average molecular weight is 275 g/mol. The molecule has 0 atom stereocenters. The van der Waals surface area contributed by atoms with Crippen molar-refractivity contribution < 1.29 is 4.42 Å². The van der Waals surface area contributed by atoms with E-state index in [2.05, 4.69) is 15.3 Å². The predicted octanol–water partition coefficient (Wildman–Crippen LogP) is 2.01. The van der Waals surface area contributed by atoms with Crippen LogP contribution >= 0.6 is 11.3 Å². The van der Waals surface area contributed by atoms with Crippen LogP contribution in [-0.2, 0) is 6.42 Å². The van der Waals surface area contributed by atoms with Crippen molar-refractivity contribution in [1.82, 2.24) is 15.3 Å². The summed E-state index contributed by atoms with van der Waals surface area (Å²) < 4.78 is 5.06. The van der Waals surface area contributed by atoms with Gasteiger partial charge < -0.3 is 9.73 Å². The van der Waals surface area contributed by atoms with Crippen LogP contribution in [0.5, 0.6) is 0 Å². The summed E-state index contributed by atoms with van der Waals surface area (Å²) in [5.74, 6) is -0.430. The van der Waals surface area contributed by atoms with E-state index >= 15 is 0 Å². The molecule has 0 saturated heterocycles. The van der Waals surface area contributed by atoms with Crippen LogP contribution in [0.4, 0.5) is 0 Å². The minimum Gasteiger partial charge on any atom is -0.408 e. The number of hydrogen-bond acceptors (Lipinski definition) is 5. The van der Waals surface area contributed by atoms with Gasteiger partial charge in [0, 0.05) is 23.9 Å². The van der Waals surface area contributed by atoms with E-state index < -0.39 is 5.76 Å². The number of rotatable bonds is 4. The molecule has 1 aromatic carbocycles. The Balaban J connectivity index is 1.94. The number of thiazole rings is 1. The molecule has 0 bridgehead atoms. The fraction of sp³-hybridized carbons (Fsp3) is 0.231. The van der Waals surface area contributed by atoms with Crippen molar-refractivity contribution in [2.75, 3.05) is 13.6 Å². The van der Waals surface area contributed by atoms with Crippen LogP contribution in [0.2, 0.25) is 0 Å². The van der Waals surface area contributed by atoms with Crippen molar-refractivity contribution in [3.8, 4) is 11.3 Å². The van der Waals surface area contributed by atoms with Crippen LogP contribution in [0, 0.1) is 0 Å². The first-order valence-electron chi connectivity index (χ1n) is 5.98. The first-order valence-corrected chi connectivity index (χ1v) is 6.86. The van der Waals surface area contributed by atoms with E-state index in [1.165, 1.54) is 0 Å². The summed E-state index contributed by atoms with van der Waals surface area (Å²) in [6.07, 6.45) is 0.919. The lowest BCUT2D eigenvalue weighted by Crippen LogP contribution is -2.09. The molecule has 2 aromatic heterocycles. The topological polar surface area (TPSA) is 70.9 Å². The lowest BCUT2D eigenvalue weighted by atomic mass is 10.1. The predicted molar refractivity (Wildman–Crippen MR) is 75.6 cm³/mol. The maximum absolute atomic E-state index is 11.1. The summed E-state index contributed by atoms with van der Waals surface area (Å²) in [7, 11) is 1.93. The van der Waals surface area contributed by atoms with Crippen LogP contribution in [0.25, 0.3) is 22.4 Å². The number of oxazole rings is 1. The van der Waals surface area contributed by atoms with E-state index in [4.69, 9.17) is 4.42 Å². The zero-order chi connectivity index (χ0) is 13.2. The first kappa shape index (κ1) is 12.1. The largest absolute Gasteiger partial charge is 0.417 e. The van der Waals surface area contributed by atoms with Crippen molar-refractivity contribution in [2.24, 2.45) is 0 Å². The van der Waals surface area contributed by atoms with E-state index in [9.17, 15) is 4.79 Å². The average Bonchev–Trinajstić information content (AvgIpc) is 3.00. The van der Waals surface area contributed by atoms with Gasteiger partial charge in [-0.2, -0.15) is 0 Å². The molecule has 19 heavy (non-hydrogen) atoms. The minimum absolute atomic E-state index is 0.430. The number of aromatic amines is 1. The molecule has 0 aliphatic carbocycles. The van der Waals surface area contributed by atoms with Crippen molar-refractivity contribution in [1.29, 1.82) is 0 Å². The van der Waals surface area contributed by atoms with Gasteiger partial charge in [0.05, 0.1) is 16.2 Å². The summed E-state index contributed by atoms with van der Waals surface area (Å²) in [6, 6.07) is 5.61. The molecule has 0 spiro atoms. The summed E-state index contributed by atoms with van der Waals surface area (Å²) >= 11 is 1.64. The maximum atomic E-state index is 11.1. The highest BCUT2D eigenvalue weighted by Crippen LogP contribution is 2.24. The fourth-order valence-corrected chi connectivity index (χ4v) is 2.70. The molecular formula is C13H13N3O2S. The maximum Gasteiger partial charge on any atom is 0.417 e. The molecule has 5 nitrogen and oxygen atoms in total. The summed E-state index contributed by atoms with van der Waals surface area (Å²) in [6.45, 7) is 0.915. The van der Waals surface area contributed by atoms with Gasteiger partial charge in [0.2, 0.25) is 0 Å². The van der Waals surface area contributed by atoms with Crippen molar-refractivity contribution >= 4 is 22.4 Å². The highest BCUT2D eigenvalue weighted by Gasteiger charge is 2.07. The molecule has 0 unspecified atom stereocenters. The van der Waals surface area contributed by atoms with Gasteiger partial charge >= 0.3 is 5.76 Å². The SMILES string of the molecule is CNCCc1nc(-c2ccc3[nH]c(=O)oc3c2)cs1. The fourth-order valence-electron chi connectivity index (χ4n) is 1.89. The second-order valence-electron chi connectivity index (χ2n) is 4.21. The molecule has 0 saturated carbocycles. The van der Waals surface area contributed by atoms with Gasteiger partial charge in [0.15, 0.2) is 5.58 Å². The molecule has 0 aliphatic heterocycles. The van der Waals surface area contributed by atoms with Crippen LogP contribution in [0.3, 0.4) is 0 Å². The normalized spacial score (nSPS) is 11.2. The van der Waals surface area contributed by atoms with Crippen LogP contribution < -0.4 is 11.1 Å². The Morgan fingerprint density at radius 3 is 3.21 bits per heavy atom. The molecular weight excluding hydrogens is 262 g/mol.